The van der Waals surface area contributed by atoms with E-state index in [0.29, 0.717) is 31.2 Å². The number of aromatic nitrogens is 5. The predicted molar refractivity (Wildman–Crippen MR) is 129 cm³/mol. The van der Waals surface area contributed by atoms with E-state index in [0.717, 1.165) is 35.5 Å². The lowest BCUT2D eigenvalue weighted by atomic mass is 9.83. The fourth-order valence-corrected chi connectivity index (χ4v) is 6.24. The summed E-state index contributed by atoms with van der Waals surface area (Å²) in [6.45, 7) is 3.39. The van der Waals surface area contributed by atoms with Crippen molar-refractivity contribution in [2.75, 3.05) is 19.6 Å². The SMILES string of the molecule is Cn1c(CN2CC3CC(C2)c2cccc(=O)n2C3)cc(=O)c(O)c1CN1CCn2c(nnc2C(F)(F)F)C1. The number of nitrogens with zero attached hydrogens (tertiary/aromatic N) is 7. The third-order valence-electron chi connectivity index (χ3n) is 8.04. The van der Waals surface area contributed by atoms with Crippen molar-refractivity contribution in [3.63, 3.8) is 0 Å². The van der Waals surface area contributed by atoms with Crippen molar-refractivity contribution in [1.29, 1.82) is 0 Å². The van der Waals surface area contributed by atoms with Gasteiger partial charge in [0, 0.05) is 82.3 Å². The molecule has 13 heteroatoms. The molecule has 38 heavy (non-hydrogen) atoms. The van der Waals surface area contributed by atoms with Crippen LogP contribution in [0, 0.1) is 5.92 Å². The Morgan fingerprint density at radius 3 is 2.63 bits per heavy atom. The number of fused-ring (bicyclic) bond motifs is 5. The van der Waals surface area contributed by atoms with E-state index in [1.165, 1.54) is 6.07 Å². The van der Waals surface area contributed by atoms with Gasteiger partial charge in [-0.1, -0.05) is 6.07 Å². The lowest BCUT2D eigenvalue weighted by Gasteiger charge is -2.43. The number of hydrogen-bond donors (Lipinski definition) is 1. The number of piperidine rings is 1. The van der Waals surface area contributed by atoms with Gasteiger partial charge in [0.05, 0.1) is 12.2 Å². The first-order chi connectivity index (χ1) is 18.1. The molecule has 0 spiro atoms. The highest BCUT2D eigenvalue weighted by Crippen LogP contribution is 2.35. The number of aromatic hydroxyl groups is 1. The second-order valence-corrected chi connectivity index (χ2v) is 10.5. The van der Waals surface area contributed by atoms with Gasteiger partial charge in [-0.2, -0.15) is 13.2 Å². The summed E-state index contributed by atoms with van der Waals surface area (Å²) >= 11 is 0. The summed E-state index contributed by atoms with van der Waals surface area (Å²) in [6.07, 6.45) is -3.55. The maximum Gasteiger partial charge on any atom is 0.451 e. The van der Waals surface area contributed by atoms with Crippen molar-refractivity contribution in [2.45, 2.75) is 51.2 Å². The fraction of sp³-hybridized carbons (Fsp3) is 0.520. The molecule has 3 aromatic rings. The average molecular weight is 532 g/mol. The highest BCUT2D eigenvalue weighted by atomic mass is 19.4. The summed E-state index contributed by atoms with van der Waals surface area (Å²) in [5.41, 5.74) is 1.74. The van der Waals surface area contributed by atoms with E-state index in [2.05, 4.69) is 15.1 Å². The lowest BCUT2D eigenvalue weighted by molar-refractivity contribution is -0.148. The second-order valence-electron chi connectivity index (χ2n) is 10.5. The van der Waals surface area contributed by atoms with E-state index < -0.39 is 17.4 Å². The first-order valence-electron chi connectivity index (χ1n) is 12.6. The van der Waals surface area contributed by atoms with E-state index in [-0.39, 0.29) is 42.7 Å². The molecular weight excluding hydrogens is 503 g/mol. The summed E-state index contributed by atoms with van der Waals surface area (Å²) in [7, 11) is 1.79. The Balaban J connectivity index is 1.21. The van der Waals surface area contributed by atoms with E-state index in [1.807, 2.05) is 15.5 Å². The molecule has 0 aromatic carbocycles. The first kappa shape index (κ1) is 24.9. The molecule has 3 aliphatic rings. The molecule has 2 atom stereocenters. The molecule has 2 unspecified atom stereocenters. The molecule has 0 saturated carbocycles. The first-order valence-corrected chi connectivity index (χ1v) is 12.6. The number of likely N-dealkylation sites (tertiary alicyclic amines) is 1. The number of pyridine rings is 2. The Kier molecular flexibility index (Phi) is 5.94. The Bertz CT molecular complexity index is 1510. The van der Waals surface area contributed by atoms with E-state index >= 15 is 0 Å². The summed E-state index contributed by atoms with van der Waals surface area (Å²) < 4.78 is 44.3. The van der Waals surface area contributed by atoms with Gasteiger partial charge in [0.2, 0.25) is 11.3 Å². The molecular formula is C25H28F3N7O3. The normalized spacial score (nSPS) is 21.8. The molecule has 6 heterocycles. The van der Waals surface area contributed by atoms with Gasteiger partial charge in [0.25, 0.3) is 5.56 Å². The smallest absolute Gasteiger partial charge is 0.451 e. The molecule has 0 aliphatic carbocycles. The van der Waals surface area contributed by atoms with Crippen LogP contribution in [0.5, 0.6) is 5.75 Å². The molecule has 202 valence electrons. The van der Waals surface area contributed by atoms with Crippen LogP contribution in [0.3, 0.4) is 0 Å². The Hall–Kier alpha value is -3.45. The lowest BCUT2D eigenvalue weighted by Crippen LogP contribution is -2.47. The van der Waals surface area contributed by atoms with Crippen LogP contribution in [0.4, 0.5) is 13.2 Å². The Morgan fingerprint density at radius 2 is 1.84 bits per heavy atom. The summed E-state index contributed by atoms with van der Waals surface area (Å²) in [5.74, 6) is -0.602. The van der Waals surface area contributed by atoms with Crippen molar-refractivity contribution in [2.24, 2.45) is 13.0 Å². The van der Waals surface area contributed by atoms with Gasteiger partial charge in [-0.3, -0.25) is 19.4 Å². The van der Waals surface area contributed by atoms with Gasteiger partial charge < -0.3 is 18.8 Å². The van der Waals surface area contributed by atoms with Crippen LogP contribution >= 0.6 is 0 Å². The Morgan fingerprint density at radius 1 is 1.03 bits per heavy atom. The van der Waals surface area contributed by atoms with Gasteiger partial charge in [-0.15, -0.1) is 10.2 Å². The van der Waals surface area contributed by atoms with Crippen LogP contribution in [-0.2, 0) is 45.9 Å². The zero-order chi connectivity index (χ0) is 26.8. The fourth-order valence-electron chi connectivity index (χ4n) is 6.24. The quantitative estimate of drug-likeness (QED) is 0.545. The number of hydrogen-bond acceptors (Lipinski definition) is 7. The maximum absolute atomic E-state index is 13.2. The molecule has 10 nitrogen and oxygen atoms in total. The standard InChI is InChI=1S/C25H28F3N7O3/c1-31-17(12-33-9-15-7-16(11-33)18-3-2-4-22(37)35(18)10-15)8-20(36)23(38)19(31)13-32-5-6-34-21(14-32)29-30-24(34)25(26,27)28/h2-4,8,15-16,38H,5-7,9-14H2,1H3. The zero-order valence-corrected chi connectivity index (χ0v) is 20.9. The van der Waals surface area contributed by atoms with Gasteiger partial charge in [0.15, 0.2) is 5.75 Å². The largest absolute Gasteiger partial charge is 0.503 e. The molecule has 0 amide bonds. The van der Waals surface area contributed by atoms with Crippen LogP contribution in [-0.4, -0.2) is 58.4 Å². The molecule has 2 bridgehead atoms. The van der Waals surface area contributed by atoms with Crippen LogP contribution in [0.2, 0.25) is 0 Å². The highest BCUT2D eigenvalue weighted by molar-refractivity contribution is 5.30. The molecule has 6 rings (SSSR count). The number of rotatable bonds is 4. The minimum atomic E-state index is -4.57. The van der Waals surface area contributed by atoms with Crippen molar-refractivity contribution < 1.29 is 18.3 Å². The predicted octanol–water partition coefficient (Wildman–Crippen LogP) is 1.50. The van der Waals surface area contributed by atoms with Gasteiger partial charge in [-0.05, 0) is 18.4 Å². The van der Waals surface area contributed by atoms with Crippen molar-refractivity contribution >= 4 is 0 Å². The van der Waals surface area contributed by atoms with Crippen molar-refractivity contribution in [3.05, 3.63) is 73.6 Å². The minimum absolute atomic E-state index is 0.0295. The number of alkyl halides is 3. The summed E-state index contributed by atoms with van der Waals surface area (Å²) in [6, 6.07) is 6.86. The number of halogens is 3. The van der Waals surface area contributed by atoms with E-state index in [4.69, 9.17) is 0 Å². The van der Waals surface area contributed by atoms with Crippen LogP contribution < -0.4 is 11.0 Å². The van der Waals surface area contributed by atoms with Crippen molar-refractivity contribution in [3.8, 4) is 5.75 Å². The van der Waals surface area contributed by atoms with Gasteiger partial charge in [0.1, 0.15) is 5.82 Å². The van der Waals surface area contributed by atoms with Crippen molar-refractivity contribution in [1.82, 2.24) is 33.7 Å². The van der Waals surface area contributed by atoms with Crippen LogP contribution in [0.25, 0.3) is 0 Å². The third-order valence-corrected chi connectivity index (χ3v) is 8.04. The van der Waals surface area contributed by atoms with E-state index in [9.17, 15) is 27.9 Å². The molecule has 3 aliphatic heterocycles. The van der Waals surface area contributed by atoms with Crippen LogP contribution in [0.1, 0.15) is 41.1 Å². The summed E-state index contributed by atoms with van der Waals surface area (Å²) in [4.78, 5) is 29.2. The van der Waals surface area contributed by atoms with Crippen LogP contribution in [0.15, 0.2) is 33.9 Å². The van der Waals surface area contributed by atoms with Gasteiger partial charge >= 0.3 is 6.18 Å². The highest BCUT2D eigenvalue weighted by Gasteiger charge is 2.40. The summed E-state index contributed by atoms with van der Waals surface area (Å²) in [5, 5.41) is 17.7. The van der Waals surface area contributed by atoms with E-state index in [1.54, 1.807) is 23.7 Å². The average Bonchev–Trinajstić information content (AvgIpc) is 3.30. The molecule has 1 saturated heterocycles. The van der Waals surface area contributed by atoms with Gasteiger partial charge in [-0.25, -0.2) is 0 Å². The zero-order valence-electron chi connectivity index (χ0n) is 20.9. The molecule has 1 fully saturated rings. The maximum atomic E-state index is 13.2. The molecule has 0 radical (unpaired) electrons. The Labute approximate surface area is 215 Å². The third kappa shape index (κ3) is 4.33. The minimum Gasteiger partial charge on any atom is -0.503 e. The second kappa shape index (κ2) is 9.09. The molecule has 1 N–H and O–H groups in total. The molecule has 3 aromatic heterocycles. The topological polar surface area (TPSA) is 101 Å². The monoisotopic (exact) mass is 531 g/mol.